The number of carbonyl (C=O) groups is 1. The van der Waals surface area contributed by atoms with Gasteiger partial charge >= 0.3 is 0 Å². The van der Waals surface area contributed by atoms with Crippen molar-refractivity contribution in [1.82, 2.24) is 10.2 Å². The van der Waals surface area contributed by atoms with Crippen LogP contribution in [0, 0.1) is 12.8 Å². The van der Waals surface area contributed by atoms with Crippen LogP contribution in [0.2, 0.25) is 0 Å². The molecule has 1 saturated heterocycles. The molecule has 20 heavy (non-hydrogen) atoms. The number of likely N-dealkylation sites (tertiary alicyclic amines) is 1. The predicted octanol–water partition coefficient (Wildman–Crippen LogP) is 3.22. The highest BCUT2D eigenvalue weighted by Crippen LogP contribution is 2.21. The SMILES string of the molecule is CCNCC1CCN(C(=O)c2ccc(Br)c(C)c2)CC1. The smallest absolute Gasteiger partial charge is 0.253 e. The number of rotatable bonds is 4. The number of amides is 1. The molecule has 1 aromatic carbocycles. The molecule has 1 fully saturated rings. The number of aryl methyl sites for hydroxylation is 1. The van der Waals surface area contributed by atoms with Gasteiger partial charge in [-0.05, 0) is 62.5 Å². The third-order valence-electron chi connectivity index (χ3n) is 3.99. The second kappa shape index (κ2) is 7.23. The molecule has 2 rings (SSSR count). The van der Waals surface area contributed by atoms with Gasteiger partial charge in [0.2, 0.25) is 0 Å². The highest BCUT2D eigenvalue weighted by atomic mass is 79.9. The van der Waals surface area contributed by atoms with E-state index in [1.807, 2.05) is 30.0 Å². The zero-order chi connectivity index (χ0) is 14.5. The first kappa shape index (κ1) is 15.5. The van der Waals surface area contributed by atoms with Gasteiger partial charge in [0.25, 0.3) is 5.91 Å². The summed E-state index contributed by atoms with van der Waals surface area (Å²) >= 11 is 3.47. The van der Waals surface area contributed by atoms with Gasteiger partial charge in [-0.25, -0.2) is 0 Å². The van der Waals surface area contributed by atoms with E-state index in [0.717, 1.165) is 54.6 Å². The number of nitrogens with one attached hydrogen (secondary N) is 1. The summed E-state index contributed by atoms with van der Waals surface area (Å²) < 4.78 is 1.05. The first-order valence-corrected chi connectivity index (χ1v) is 8.17. The minimum Gasteiger partial charge on any atom is -0.339 e. The van der Waals surface area contributed by atoms with Crippen molar-refractivity contribution in [3.63, 3.8) is 0 Å². The Labute approximate surface area is 129 Å². The van der Waals surface area contributed by atoms with Crippen LogP contribution in [0.3, 0.4) is 0 Å². The van der Waals surface area contributed by atoms with Crippen molar-refractivity contribution in [2.24, 2.45) is 5.92 Å². The maximum Gasteiger partial charge on any atom is 0.253 e. The molecule has 0 saturated carbocycles. The molecule has 0 unspecified atom stereocenters. The summed E-state index contributed by atoms with van der Waals surface area (Å²) in [6, 6.07) is 5.84. The Morgan fingerprint density at radius 2 is 2.10 bits per heavy atom. The van der Waals surface area contributed by atoms with Crippen molar-refractivity contribution >= 4 is 21.8 Å². The second-order valence-corrected chi connectivity index (χ2v) is 6.36. The average molecular weight is 339 g/mol. The summed E-state index contributed by atoms with van der Waals surface area (Å²) in [6.45, 7) is 8.01. The molecule has 4 heteroatoms. The first-order chi connectivity index (χ1) is 9.61. The zero-order valence-electron chi connectivity index (χ0n) is 12.3. The van der Waals surface area contributed by atoms with Crippen molar-refractivity contribution in [2.75, 3.05) is 26.2 Å². The predicted molar refractivity (Wildman–Crippen MR) is 86.1 cm³/mol. The summed E-state index contributed by atoms with van der Waals surface area (Å²) in [7, 11) is 0. The fraction of sp³-hybridized carbons (Fsp3) is 0.562. The Morgan fingerprint density at radius 3 is 2.70 bits per heavy atom. The monoisotopic (exact) mass is 338 g/mol. The van der Waals surface area contributed by atoms with Crippen molar-refractivity contribution in [3.8, 4) is 0 Å². The molecule has 1 aromatic rings. The normalized spacial score (nSPS) is 16.4. The van der Waals surface area contributed by atoms with Crippen LogP contribution in [-0.2, 0) is 0 Å². The number of carbonyl (C=O) groups excluding carboxylic acids is 1. The number of benzene rings is 1. The summed E-state index contributed by atoms with van der Waals surface area (Å²) in [4.78, 5) is 14.5. The van der Waals surface area contributed by atoms with Gasteiger partial charge in [0.1, 0.15) is 0 Å². The van der Waals surface area contributed by atoms with E-state index in [2.05, 4.69) is 28.2 Å². The zero-order valence-corrected chi connectivity index (χ0v) is 13.9. The van der Waals surface area contributed by atoms with Gasteiger partial charge in [0, 0.05) is 23.1 Å². The highest BCUT2D eigenvalue weighted by Gasteiger charge is 2.23. The second-order valence-electron chi connectivity index (χ2n) is 5.51. The number of hydrogen-bond donors (Lipinski definition) is 1. The Morgan fingerprint density at radius 1 is 1.40 bits per heavy atom. The highest BCUT2D eigenvalue weighted by molar-refractivity contribution is 9.10. The molecule has 1 aliphatic heterocycles. The maximum absolute atomic E-state index is 12.5. The van der Waals surface area contributed by atoms with Crippen molar-refractivity contribution in [3.05, 3.63) is 33.8 Å². The number of hydrogen-bond acceptors (Lipinski definition) is 2. The molecule has 0 atom stereocenters. The number of nitrogens with zero attached hydrogens (tertiary/aromatic N) is 1. The summed E-state index contributed by atoms with van der Waals surface area (Å²) in [5.41, 5.74) is 1.91. The molecule has 1 N–H and O–H groups in total. The van der Waals surface area contributed by atoms with Crippen molar-refractivity contribution in [1.29, 1.82) is 0 Å². The van der Waals surface area contributed by atoms with E-state index in [0.29, 0.717) is 5.92 Å². The lowest BCUT2D eigenvalue weighted by atomic mass is 9.96. The number of piperidine rings is 1. The summed E-state index contributed by atoms with van der Waals surface area (Å²) in [6.07, 6.45) is 2.21. The Balaban J connectivity index is 1.92. The van der Waals surface area contributed by atoms with Gasteiger partial charge in [-0.3, -0.25) is 4.79 Å². The molecule has 1 amide bonds. The lowest BCUT2D eigenvalue weighted by Crippen LogP contribution is -2.40. The molecule has 0 aliphatic carbocycles. The van der Waals surface area contributed by atoms with Crippen LogP contribution in [0.4, 0.5) is 0 Å². The van der Waals surface area contributed by atoms with Crippen LogP contribution in [-0.4, -0.2) is 37.0 Å². The van der Waals surface area contributed by atoms with Crippen LogP contribution >= 0.6 is 15.9 Å². The maximum atomic E-state index is 12.5. The topological polar surface area (TPSA) is 32.3 Å². The van der Waals surface area contributed by atoms with Gasteiger partial charge in [-0.15, -0.1) is 0 Å². The average Bonchev–Trinajstić information content (AvgIpc) is 2.48. The molecule has 0 spiro atoms. The molecule has 1 aliphatic rings. The molecular formula is C16H23BrN2O. The van der Waals surface area contributed by atoms with Crippen LogP contribution in [0.25, 0.3) is 0 Å². The molecule has 110 valence electrons. The minimum absolute atomic E-state index is 0.169. The van der Waals surface area contributed by atoms with Gasteiger partial charge in [-0.1, -0.05) is 22.9 Å². The Bertz CT molecular complexity index is 468. The van der Waals surface area contributed by atoms with E-state index < -0.39 is 0 Å². The molecule has 1 heterocycles. The van der Waals surface area contributed by atoms with E-state index >= 15 is 0 Å². The van der Waals surface area contributed by atoms with Crippen LogP contribution in [0.15, 0.2) is 22.7 Å². The number of halogens is 1. The van der Waals surface area contributed by atoms with E-state index in [4.69, 9.17) is 0 Å². The molecular weight excluding hydrogens is 316 g/mol. The van der Waals surface area contributed by atoms with Crippen LogP contribution in [0.5, 0.6) is 0 Å². The molecule has 0 aromatic heterocycles. The van der Waals surface area contributed by atoms with Crippen molar-refractivity contribution < 1.29 is 4.79 Å². The fourth-order valence-electron chi connectivity index (χ4n) is 2.65. The molecule has 0 radical (unpaired) electrons. The van der Waals surface area contributed by atoms with E-state index in [1.54, 1.807) is 0 Å². The van der Waals surface area contributed by atoms with Crippen LogP contribution in [0.1, 0.15) is 35.7 Å². The minimum atomic E-state index is 0.169. The quantitative estimate of drug-likeness (QED) is 0.914. The first-order valence-electron chi connectivity index (χ1n) is 7.38. The third-order valence-corrected chi connectivity index (χ3v) is 4.88. The summed E-state index contributed by atoms with van der Waals surface area (Å²) in [5.74, 6) is 0.883. The lowest BCUT2D eigenvalue weighted by molar-refractivity contribution is 0.0690. The van der Waals surface area contributed by atoms with Crippen molar-refractivity contribution in [2.45, 2.75) is 26.7 Å². The lowest BCUT2D eigenvalue weighted by Gasteiger charge is -2.32. The largest absolute Gasteiger partial charge is 0.339 e. The van der Waals surface area contributed by atoms with Gasteiger partial charge in [0.15, 0.2) is 0 Å². The van der Waals surface area contributed by atoms with Gasteiger partial charge in [0.05, 0.1) is 0 Å². The van der Waals surface area contributed by atoms with E-state index in [-0.39, 0.29) is 5.91 Å². The standard InChI is InChI=1S/C16H23BrN2O/c1-3-18-11-13-6-8-19(9-7-13)16(20)14-4-5-15(17)12(2)10-14/h4-5,10,13,18H,3,6-9,11H2,1-2H3. The summed E-state index contributed by atoms with van der Waals surface area (Å²) in [5, 5.41) is 3.40. The van der Waals surface area contributed by atoms with Gasteiger partial charge in [-0.2, -0.15) is 0 Å². The Kier molecular flexibility index (Phi) is 5.61. The van der Waals surface area contributed by atoms with Crippen LogP contribution < -0.4 is 5.32 Å². The molecule has 0 bridgehead atoms. The molecule has 3 nitrogen and oxygen atoms in total. The van der Waals surface area contributed by atoms with E-state index in [9.17, 15) is 4.79 Å². The fourth-order valence-corrected chi connectivity index (χ4v) is 2.90. The third kappa shape index (κ3) is 3.83. The Hall–Kier alpha value is -0.870. The van der Waals surface area contributed by atoms with Gasteiger partial charge < -0.3 is 10.2 Å². The van der Waals surface area contributed by atoms with E-state index in [1.165, 1.54) is 0 Å².